The van der Waals surface area contributed by atoms with Crippen LogP contribution >= 0.6 is 11.8 Å². The molecule has 1 rings (SSSR count). The maximum absolute atomic E-state index is 5.55. The molecule has 78 valence electrons. The lowest BCUT2D eigenvalue weighted by molar-refractivity contribution is 0.204. The van der Waals surface area contributed by atoms with Crippen LogP contribution in [-0.4, -0.2) is 43.1 Å². The fraction of sp³-hybridized carbons (Fsp3) is 1.00. The standard InChI is InChI=1S/C10H22N2S/c1-12(2)10-5-7-13-8-9(10)4-3-6-11/h9-10H,3-8,11H2,1-2H3. The first kappa shape index (κ1) is 11.3. The molecule has 0 aromatic rings. The fourth-order valence-corrected chi connectivity index (χ4v) is 3.39. The number of hydrogen-bond donors (Lipinski definition) is 1. The molecule has 1 fully saturated rings. The second kappa shape index (κ2) is 5.89. The van der Waals surface area contributed by atoms with Crippen molar-refractivity contribution in [1.82, 2.24) is 4.90 Å². The predicted octanol–water partition coefficient (Wildman–Crippen LogP) is 1.41. The minimum atomic E-state index is 0.799. The molecule has 0 aromatic heterocycles. The predicted molar refractivity (Wildman–Crippen MR) is 61.2 cm³/mol. The third-order valence-corrected chi connectivity index (χ3v) is 4.06. The van der Waals surface area contributed by atoms with Crippen LogP contribution in [0.3, 0.4) is 0 Å². The van der Waals surface area contributed by atoms with Gasteiger partial charge in [-0.15, -0.1) is 0 Å². The van der Waals surface area contributed by atoms with Crippen LogP contribution in [0, 0.1) is 5.92 Å². The van der Waals surface area contributed by atoms with Gasteiger partial charge in [-0.3, -0.25) is 0 Å². The quantitative estimate of drug-likeness (QED) is 0.747. The summed E-state index contributed by atoms with van der Waals surface area (Å²) >= 11 is 2.11. The van der Waals surface area contributed by atoms with Gasteiger partial charge < -0.3 is 10.6 Å². The van der Waals surface area contributed by atoms with Gasteiger partial charge in [-0.05, 0) is 57.3 Å². The molecule has 1 aliphatic heterocycles. The van der Waals surface area contributed by atoms with E-state index in [1.165, 1.54) is 30.8 Å². The second-order valence-corrected chi connectivity index (χ2v) is 5.24. The van der Waals surface area contributed by atoms with Crippen molar-refractivity contribution < 1.29 is 0 Å². The average Bonchev–Trinajstić information content (AvgIpc) is 2.15. The van der Waals surface area contributed by atoms with Gasteiger partial charge in [-0.25, -0.2) is 0 Å². The molecule has 0 amide bonds. The van der Waals surface area contributed by atoms with E-state index in [-0.39, 0.29) is 0 Å². The molecule has 0 bridgehead atoms. The molecule has 2 atom stereocenters. The van der Waals surface area contributed by atoms with E-state index in [1.54, 1.807) is 0 Å². The van der Waals surface area contributed by atoms with Crippen LogP contribution in [0.15, 0.2) is 0 Å². The molecule has 1 saturated heterocycles. The first-order valence-electron chi connectivity index (χ1n) is 5.20. The minimum Gasteiger partial charge on any atom is -0.330 e. The van der Waals surface area contributed by atoms with Crippen LogP contribution in [-0.2, 0) is 0 Å². The SMILES string of the molecule is CN(C)C1CCSCC1CCCN. The van der Waals surface area contributed by atoms with Crippen molar-refractivity contribution in [1.29, 1.82) is 0 Å². The van der Waals surface area contributed by atoms with E-state index in [1.807, 2.05) is 0 Å². The van der Waals surface area contributed by atoms with Crippen molar-refractivity contribution in [2.24, 2.45) is 11.7 Å². The first-order valence-corrected chi connectivity index (χ1v) is 6.35. The summed E-state index contributed by atoms with van der Waals surface area (Å²) in [4.78, 5) is 2.39. The van der Waals surface area contributed by atoms with Crippen molar-refractivity contribution >= 4 is 11.8 Å². The van der Waals surface area contributed by atoms with Crippen LogP contribution in [0.1, 0.15) is 19.3 Å². The molecular formula is C10H22N2S. The number of rotatable bonds is 4. The summed E-state index contributed by atoms with van der Waals surface area (Å²) in [5, 5.41) is 0. The van der Waals surface area contributed by atoms with Gasteiger partial charge in [0.05, 0.1) is 0 Å². The van der Waals surface area contributed by atoms with Gasteiger partial charge in [0.25, 0.3) is 0 Å². The van der Waals surface area contributed by atoms with Gasteiger partial charge in [0.15, 0.2) is 0 Å². The topological polar surface area (TPSA) is 29.3 Å². The summed E-state index contributed by atoms with van der Waals surface area (Å²) in [5.41, 5.74) is 5.55. The number of thioether (sulfide) groups is 1. The van der Waals surface area contributed by atoms with E-state index in [0.717, 1.165) is 18.5 Å². The van der Waals surface area contributed by atoms with Crippen molar-refractivity contribution in [3.8, 4) is 0 Å². The third kappa shape index (κ3) is 3.49. The summed E-state index contributed by atoms with van der Waals surface area (Å²) < 4.78 is 0. The lowest BCUT2D eigenvalue weighted by Gasteiger charge is -2.35. The van der Waals surface area contributed by atoms with E-state index in [4.69, 9.17) is 5.73 Å². The Labute approximate surface area is 86.2 Å². The highest BCUT2D eigenvalue weighted by atomic mass is 32.2. The Hall–Kier alpha value is 0.270. The Bertz CT molecular complexity index is 139. The third-order valence-electron chi connectivity index (χ3n) is 2.88. The van der Waals surface area contributed by atoms with E-state index >= 15 is 0 Å². The Balaban J connectivity index is 2.37. The van der Waals surface area contributed by atoms with E-state index in [0.29, 0.717) is 0 Å². The Kier molecular flexibility index (Phi) is 5.14. The summed E-state index contributed by atoms with van der Waals surface area (Å²) in [6.07, 6.45) is 3.86. The van der Waals surface area contributed by atoms with Gasteiger partial charge in [-0.2, -0.15) is 11.8 Å². The number of nitrogens with zero attached hydrogens (tertiary/aromatic N) is 1. The van der Waals surface area contributed by atoms with E-state index in [2.05, 4.69) is 30.8 Å². The maximum Gasteiger partial charge on any atom is 0.0133 e. The van der Waals surface area contributed by atoms with Gasteiger partial charge in [0.2, 0.25) is 0 Å². The van der Waals surface area contributed by atoms with Crippen molar-refractivity contribution in [3.63, 3.8) is 0 Å². The normalized spacial score (nSPS) is 29.5. The van der Waals surface area contributed by atoms with Crippen molar-refractivity contribution in [2.45, 2.75) is 25.3 Å². The molecule has 0 aliphatic carbocycles. The monoisotopic (exact) mass is 202 g/mol. The number of hydrogen-bond acceptors (Lipinski definition) is 3. The Morgan fingerprint density at radius 2 is 2.23 bits per heavy atom. The van der Waals surface area contributed by atoms with E-state index < -0.39 is 0 Å². The summed E-state index contributed by atoms with van der Waals surface area (Å²) in [5.74, 6) is 3.54. The smallest absolute Gasteiger partial charge is 0.0133 e. The highest BCUT2D eigenvalue weighted by Crippen LogP contribution is 2.28. The fourth-order valence-electron chi connectivity index (χ4n) is 2.12. The van der Waals surface area contributed by atoms with Gasteiger partial charge >= 0.3 is 0 Å². The zero-order valence-corrected chi connectivity index (χ0v) is 9.65. The van der Waals surface area contributed by atoms with Gasteiger partial charge in [-0.1, -0.05) is 0 Å². The lowest BCUT2D eigenvalue weighted by atomic mass is 9.93. The first-order chi connectivity index (χ1) is 6.25. The Morgan fingerprint density at radius 3 is 2.85 bits per heavy atom. The molecule has 2 N–H and O–H groups in total. The zero-order valence-electron chi connectivity index (χ0n) is 8.83. The highest BCUT2D eigenvalue weighted by molar-refractivity contribution is 7.99. The largest absolute Gasteiger partial charge is 0.330 e. The molecule has 0 spiro atoms. The number of nitrogens with two attached hydrogens (primary N) is 1. The zero-order chi connectivity index (χ0) is 9.68. The summed E-state index contributed by atoms with van der Waals surface area (Å²) in [7, 11) is 4.41. The summed E-state index contributed by atoms with van der Waals surface area (Å²) in [6.45, 7) is 0.849. The molecule has 1 heterocycles. The van der Waals surface area contributed by atoms with Crippen molar-refractivity contribution in [3.05, 3.63) is 0 Å². The maximum atomic E-state index is 5.55. The highest BCUT2D eigenvalue weighted by Gasteiger charge is 2.26. The van der Waals surface area contributed by atoms with Gasteiger partial charge in [0, 0.05) is 6.04 Å². The van der Waals surface area contributed by atoms with Crippen molar-refractivity contribution in [2.75, 3.05) is 32.1 Å². The lowest BCUT2D eigenvalue weighted by Crippen LogP contribution is -2.39. The molecule has 0 radical (unpaired) electrons. The molecular weight excluding hydrogens is 180 g/mol. The second-order valence-electron chi connectivity index (χ2n) is 4.09. The minimum absolute atomic E-state index is 0.799. The Morgan fingerprint density at radius 1 is 1.46 bits per heavy atom. The van der Waals surface area contributed by atoms with Crippen LogP contribution in [0.25, 0.3) is 0 Å². The molecule has 0 saturated carbocycles. The van der Waals surface area contributed by atoms with Gasteiger partial charge in [0.1, 0.15) is 0 Å². The van der Waals surface area contributed by atoms with Crippen LogP contribution in [0.2, 0.25) is 0 Å². The molecule has 1 aliphatic rings. The average molecular weight is 202 g/mol. The molecule has 2 nitrogen and oxygen atoms in total. The molecule has 3 heteroatoms. The van der Waals surface area contributed by atoms with Crippen LogP contribution in [0.5, 0.6) is 0 Å². The van der Waals surface area contributed by atoms with Crippen LogP contribution < -0.4 is 5.73 Å². The molecule has 0 aromatic carbocycles. The summed E-state index contributed by atoms with van der Waals surface area (Å²) in [6, 6.07) is 0.799. The molecule has 13 heavy (non-hydrogen) atoms. The van der Waals surface area contributed by atoms with E-state index in [9.17, 15) is 0 Å². The van der Waals surface area contributed by atoms with Crippen LogP contribution in [0.4, 0.5) is 0 Å². The molecule has 2 unspecified atom stereocenters.